The molecular formula is C15H17NO. The fraction of sp³-hybridized carbons (Fsp3) is 0.200. The van der Waals surface area contributed by atoms with Gasteiger partial charge in [-0.2, -0.15) is 0 Å². The topological polar surface area (TPSA) is 46.2 Å². The highest BCUT2D eigenvalue weighted by atomic mass is 16.3. The van der Waals surface area contributed by atoms with E-state index in [-0.39, 0.29) is 11.8 Å². The Morgan fingerprint density at radius 3 is 2.47 bits per heavy atom. The maximum absolute atomic E-state index is 9.74. The first-order valence-corrected chi connectivity index (χ1v) is 5.74. The van der Waals surface area contributed by atoms with Gasteiger partial charge < -0.3 is 10.8 Å². The third-order valence-electron chi connectivity index (χ3n) is 2.97. The number of hydrogen-bond acceptors (Lipinski definition) is 2. The van der Waals surface area contributed by atoms with Gasteiger partial charge in [0.1, 0.15) is 5.75 Å². The summed E-state index contributed by atoms with van der Waals surface area (Å²) in [6, 6.07) is 13.6. The quantitative estimate of drug-likeness (QED) is 0.826. The van der Waals surface area contributed by atoms with Crippen molar-refractivity contribution < 1.29 is 5.11 Å². The van der Waals surface area contributed by atoms with E-state index in [1.165, 1.54) is 11.1 Å². The van der Waals surface area contributed by atoms with Crippen molar-refractivity contribution in [3.63, 3.8) is 0 Å². The Balaban J connectivity index is 2.54. The summed E-state index contributed by atoms with van der Waals surface area (Å²) >= 11 is 0. The van der Waals surface area contributed by atoms with Crippen molar-refractivity contribution in [1.82, 2.24) is 0 Å². The van der Waals surface area contributed by atoms with E-state index in [4.69, 9.17) is 5.73 Å². The zero-order chi connectivity index (χ0) is 12.4. The van der Waals surface area contributed by atoms with Gasteiger partial charge in [0.15, 0.2) is 0 Å². The van der Waals surface area contributed by atoms with Crippen LogP contribution in [0.1, 0.15) is 24.1 Å². The van der Waals surface area contributed by atoms with Gasteiger partial charge in [-0.15, -0.1) is 0 Å². The molecule has 2 aromatic rings. The van der Waals surface area contributed by atoms with E-state index in [0.717, 1.165) is 11.1 Å². The fourth-order valence-corrected chi connectivity index (χ4v) is 1.98. The van der Waals surface area contributed by atoms with Crippen LogP contribution in [0, 0.1) is 6.92 Å². The highest BCUT2D eigenvalue weighted by Crippen LogP contribution is 2.30. The number of rotatable bonds is 2. The average Bonchev–Trinajstić information content (AvgIpc) is 2.30. The van der Waals surface area contributed by atoms with Crippen LogP contribution in [0.2, 0.25) is 0 Å². The lowest BCUT2D eigenvalue weighted by atomic mass is 9.97. The second-order valence-corrected chi connectivity index (χ2v) is 4.38. The SMILES string of the molecule is Cc1ccccc1-c1ccc(O)c(C(C)N)c1. The van der Waals surface area contributed by atoms with E-state index < -0.39 is 0 Å². The molecule has 0 aliphatic carbocycles. The van der Waals surface area contributed by atoms with Gasteiger partial charge in [0.05, 0.1) is 0 Å². The molecule has 0 aliphatic heterocycles. The van der Waals surface area contributed by atoms with E-state index in [2.05, 4.69) is 19.1 Å². The van der Waals surface area contributed by atoms with Gasteiger partial charge in [0, 0.05) is 11.6 Å². The molecule has 0 radical (unpaired) electrons. The third-order valence-corrected chi connectivity index (χ3v) is 2.97. The van der Waals surface area contributed by atoms with E-state index >= 15 is 0 Å². The lowest BCUT2D eigenvalue weighted by Gasteiger charge is -2.12. The van der Waals surface area contributed by atoms with Crippen LogP contribution in [-0.4, -0.2) is 5.11 Å². The molecule has 1 atom stereocenters. The Bertz CT molecular complexity index is 532. The first-order chi connectivity index (χ1) is 8.09. The Kier molecular flexibility index (Phi) is 3.16. The number of benzene rings is 2. The fourth-order valence-electron chi connectivity index (χ4n) is 1.98. The predicted octanol–water partition coefficient (Wildman–Crippen LogP) is 3.39. The molecule has 2 heteroatoms. The van der Waals surface area contributed by atoms with Crippen LogP contribution in [0.3, 0.4) is 0 Å². The molecule has 88 valence electrons. The van der Waals surface area contributed by atoms with Crippen molar-refractivity contribution in [3.05, 3.63) is 53.6 Å². The number of aromatic hydroxyl groups is 1. The second kappa shape index (κ2) is 4.60. The van der Waals surface area contributed by atoms with E-state index in [1.54, 1.807) is 6.07 Å². The molecule has 0 saturated carbocycles. The monoisotopic (exact) mass is 227 g/mol. The highest BCUT2D eigenvalue weighted by molar-refractivity contribution is 5.69. The summed E-state index contributed by atoms with van der Waals surface area (Å²) in [7, 11) is 0. The summed E-state index contributed by atoms with van der Waals surface area (Å²) < 4.78 is 0. The van der Waals surface area contributed by atoms with Gasteiger partial charge in [-0.3, -0.25) is 0 Å². The third kappa shape index (κ3) is 2.32. The minimum absolute atomic E-state index is 0.168. The number of phenolic OH excluding ortho intramolecular Hbond substituents is 1. The zero-order valence-corrected chi connectivity index (χ0v) is 10.1. The van der Waals surface area contributed by atoms with E-state index in [1.807, 2.05) is 31.2 Å². The number of nitrogens with two attached hydrogens (primary N) is 1. The first kappa shape index (κ1) is 11.7. The Hall–Kier alpha value is -1.80. The minimum atomic E-state index is -0.168. The van der Waals surface area contributed by atoms with Crippen LogP contribution < -0.4 is 5.73 Å². The van der Waals surface area contributed by atoms with Gasteiger partial charge in [-0.05, 0) is 42.7 Å². The summed E-state index contributed by atoms with van der Waals surface area (Å²) in [6.07, 6.45) is 0. The predicted molar refractivity (Wildman–Crippen MR) is 70.9 cm³/mol. The van der Waals surface area contributed by atoms with Gasteiger partial charge in [0.25, 0.3) is 0 Å². The minimum Gasteiger partial charge on any atom is -0.508 e. The molecule has 1 unspecified atom stereocenters. The Morgan fingerprint density at radius 2 is 1.82 bits per heavy atom. The summed E-state index contributed by atoms with van der Waals surface area (Å²) in [6.45, 7) is 3.95. The van der Waals surface area contributed by atoms with Crippen LogP contribution in [0.4, 0.5) is 0 Å². The molecule has 0 bridgehead atoms. The molecule has 2 nitrogen and oxygen atoms in total. The van der Waals surface area contributed by atoms with Crippen LogP contribution in [0.25, 0.3) is 11.1 Å². The van der Waals surface area contributed by atoms with Gasteiger partial charge in [0.2, 0.25) is 0 Å². The van der Waals surface area contributed by atoms with E-state index in [9.17, 15) is 5.11 Å². The normalized spacial score (nSPS) is 12.4. The lowest BCUT2D eigenvalue weighted by molar-refractivity contribution is 0.464. The molecule has 0 saturated heterocycles. The summed E-state index contributed by atoms with van der Waals surface area (Å²) in [5.41, 5.74) is 10.1. The molecule has 0 aliphatic rings. The zero-order valence-electron chi connectivity index (χ0n) is 10.1. The summed E-state index contributed by atoms with van der Waals surface area (Å²) in [5.74, 6) is 0.261. The molecule has 0 spiro atoms. The number of phenols is 1. The highest BCUT2D eigenvalue weighted by Gasteiger charge is 2.09. The maximum atomic E-state index is 9.74. The van der Waals surface area contributed by atoms with Crippen molar-refractivity contribution in [3.8, 4) is 16.9 Å². The number of aryl methyl sites for hydroxylation is 1. The van der Waals surface area contributed by atoms with Crippen molar-refractivity contribution in [2.45, 2.75) is 19.9 Å². The molecule has 0 aromatic heterocycles. The molecule has 17 heavy (non-hydrogen) atoms. The van der Waals surface area contributed by atoms with Crippen LogP contribution in [-0.2, 0) is 0 Å². The Morgan fingerprint density at radius 1 is 1.12 bits per heavy atom. The van der Waals surface area contributed by atoms with E-state index in [0.29, 0.717) is 0 Å². The van der Waals surface area contributed by atoms with Gasteiger partial charge in [-0.25, -0.2) is 0 Å². The number of hydrogen-bond donors (Lipinski definition) is 2. The molecule has 3 N–H and O–H groups in total. The average molecular weight is 227 g/mol. The van der Waals surface area contributed by atoms with Gasteiger partial charge >= 0.3 is 0 Å². The largest absolute Gasteiger partial charge is 0.508 e. The maximum Gasteiger partial charge on any atom is 0.120 e. The standard InChI is InChI=1S/C15H17NO/c1-10-5-3-4-6-13(10)12-7-8-15(17)14(9-12)11(2)16/h3-9,11,17H,16H2,1-2H3. The summed E-state index contributed by atoms with van der Waals surface area (Å²) in [5, 5.41) is 9.74. The lowest BCUT2D eigenvalue weighted by Crippen LogP contribution is -2.05. The van der Waals surface area contributed by atoms with Crippen LogP contribution >= 0.6 is 0 Å². The first-order valence-electron chi connectivity index (χ1n) is 5.74. The van der Waals surface area contributed by atoms with Crippen molar-refractivity contribution in [2.75, 3.05) is 0 Å². The second-order valence-electron chi connectivity index (χ2n) is 4.38. The van der Waals surface area contributed by atoms with Crippen molar-refractivity contribution in [2.24, 2.45) is 5.73 Å². The van der Waals surface area contributed by atoms with Crippen molar-refractivity contribution >= 4 is 0 Å². The van der Waals surface area contributed by atoms with Crippen LogP contribution in [0.15, 0.2) is 42.5 Å². The summed E-state index contributed by atoms with van der Waals surface area (Å²) in [4.78, 5) is 0. The molecule has 0 fully saturated rings. The molecular weight excluding hydrogens is 210 g/mol. The van der Waals surface area contributed by atoms with Crippen molar-refractivity contribution in [1.29, 1.82) is 0 Å². The molecule has 0 heterocycles. The molecule has 2 rings (SSSR count). The molecule has 0 amide bonds. The van der Waals surface area contributed by atoms with Crippen LogP contribution in [0.5, 0.6) is 5.75 Å². The Labute approximate surface area is 102 Å². The smallest absolute Gasteiger partial charge is 0.120 e. The molecule has 2 aromatic carbocycles. The van der Waals surface area contributed by atoms with Gasteiger partial charge in [-0.1, -0.05) is 30.3 Å².